The fourth-order valence-electron chi connectivity index (χ4n) is 2.14. The minimum absolute atomic E-state index is 0.0308. The fraction of sp³-hybridized carbons (Fsp3) is 0.188. The maximum absolute atomic E-state index is 11.0. The fourth-order valence-corrected chi connectivity index (χ4v) is 2.14. The smallest absolute Gasteiger partial charge is 0.305 e. The molecular formula is C16H16N2O4. The van der Waals surface area contributed by atoms with Gasteiger partial charge in [-0.25, -0.2) is 0 Å². The summed E-state index contributed by atoms with van der Waals surface area (Å²) in [6.07, 6.45) is -0.0308. The number of nitro groups is 1. The van der Waals surface area contributed by atoms with Crippen molar-refractivity contribution in [3.8, 4) is 0 Å². The molecule has 0 amide bonds. The molecule has 2 rings (SSSR count). The molecule has 2 aromatic rings. The van der Waals surface area contributed by atoms with E-state index in [1.165, 1.54) is 12.1 Å². The van der Waals surface area contributed by atoms with E-state index in [-0.39, 0.29) is 18.2 Å². The summed E-state index contributed by atoms with van der Waals surface area (Å²) in [5.41, 5.74) is 1.79. The van der Waals surface area contributed by atoms with Crippen LogP contribution in [0.25, 0.3) is 0 Å². The van der Waals surface area contributed by atoms with Crippen molar-refractivity contribution in [3.05, 3.63) is 75.8 Å². The number of nitro benzene ring substituents is 1. The number of benzene rings is 2. The first-order valence-corrected chi connectivity index (χ1v) is 6.79. The van der Waals surface area contributed by atoms with Crippen LogP contribution in [-0.2, 0) is 11.3 Å². The van der Waals surface area contributed by atoms with Crippen LogP contribution >= 0.6 is 0 Å². The molecule has 0 spiro atoms. The number of carbonyl (C=O) groups is 1. The van der Waals surface area contributed by atoms with E-state index in [9.17, 15) is 14.9 Å². The van der Waals surface area contributed by atoms with Gasteiger partial charge < -0.3 is 10.4 Å². The summed E-state index contributed by atoms with van der Waals surface area (Å²) >= 11 is 0. The molecule has 0 aliphatic rings. The molecule has 0 fully saturated rings. The average molecular weight is 300 g/mol. The largest absolute Gasteiger partial charge is 0.481 e. The summed E-state index contributed by atoms with van der Waals surface area (Å²) in [5.74, 6) is -0.884. The van der Waals surface area contributed by atoms with Crippen molar-refractivity contribution in [1.29, 1.82) is 0 Å². The highest BCUT2D eigenvalue weighted by Gasteiger charge is 2.15. The third-order valence-corrected chi connectivity index (χ3v) is 3.28. The van der Waals surface area contributed by atoms with Gasteiger partial charge in [-0.1, -0.05) is 42.5 Å². The predicted octanol–water partition coefficient (Wildman–Crippen LogP) is 2.90. The number of nitrogens with one attached hydrogen (secondary N) is 1. The second-order valence-corrected chi connectivity index (χ2v) is 4.87. The third-order valence-electron chi connectivity index (χ3n) is 3.28. The van der Waals surface area contributed by atoms with Crippen LogP contribution in [0.4, 0.5) is 5.69 Å². The monoisotopic (exact) mass is 300 g/mol. The van der Waals surface area contributed by atoms with Crippen molar-refractivity contribution in [1.82, 2.24) is 5.32 Å². The Morgan fingerprint density at radius 3 is 2.32 bits per heavy atom. The molecule has 6 heteroatoms. The number of rotatable bonds is 7. The summed E-state index contributed by atoms with van der Waals surface area (Å²) in [6.45, 7) is 0.435. The molecule has 0 aliphatic carbocycles. The Hall–Kier alpha value is -2.73. The Labute approximate surface area is 127 Å². The van der Waals surface area contributed by atoms with Gasteiger partial charge in [0.05, 0.1) is 11.3 Å². The van der Waals surface area contributed by atoms with E-state index < -0.39 is 10.9 Å². The minimum Gasteiger partial charge on any atom is -0.481 e. The van der Waals surface area contributed by atoms with Gasteiger partial charge in [-0.3, -0.25) is 14.9 Å². The SMILES string of the molecule is O=C(O)C[C@H](NCc1ccc([N+](=O)[O-])cc1)c1ccccc1. The van der Waals surface area contributed by atoms with Gasteiger partial charge >= 0.3 is 5.97 Å². The van der Waals surface area contributed by atoms with E-state index in [2.05, 4.69) is 5.32 Å². The van der Waals surface area contributed by atoms with Gasteiger partial charge in [-0.05, 0) is 11.1 Å². The van der Waals surface area contributed by atoms with Gasteiger partial charge in [0.1, 0.15) is 0 Å². The molecule has 6 nitrogen and oxygen atoms in total. The Morgan fingerprint density at radius 1 is 1.14 bits per heavy atom. The van der Waals surface area contributed by atoms with Crippen molar-refractivity contribution in [2.75, 3.05) is 0 Å². The number of carboxylic acids is 1. The molecule has 0 bridgehead atoms. The molecule has 0 saturated heterocycles. The molecule has 2 N–H and O–H groups in total. The average Bonchev–Trinajstić information content (AvgIpc) is 2.52. The van der Waals surface area contributed by atoms with E-state index in [1.807, 2.05) is 30.3 Å². The van der Waals surface area contributed by atoms with Crippen molar-refractivity contribution in [2.45, 2.75) is 19.0 Å². The number of hydrogen-bond donors (Lipinski definition) is 2. The number of carboxylic acid groups (broad SMARTS) is 1. The van der Waals surface area contributed by atoms with Crippen LogP contribution in [0.5, 0.6) is 0 Å². The number of nitrogens with zero attached hydrogens (tertiary/aromatic N) is 1. The van der Waals surface area contributed by atoms with Gasteiger partial charge in [0.2, 0.25) is 0 Å². The van der Waals surface area contributed by atoms with E-state index >= 15 is 0 Å². The van der Waals surface area contributed by atoms with Crippen molar-refractivity contribution in [3.63, 3.8) is 0 Å². The Morgan fingerprint density at radius 2 is 1.77 bits per heavy atom. The van der Waals surface area contributed by atoms with Gasteiger partial charge in [0.25, 0.3) is 5.69 Å². The molecule has 0 unspecified atom stereocenters. The molecular weight excluding hydrogens is 284 g/mol. The first-order valence-electron chi connectivity index (χ1n) is 6.79. The Balaban J connectivity index is 2.04. The lowest BCUT2D eigenvalue weighted by Gasteiger charge is -2.17. The highest BCUT2D eigenvalue weighted by atomic mass is 16.6. The zero-order valence-corrected chi connectivity index (χ0v) is 11.8. The summed E-state index contributed by atoms with van der Waals surface area (Å²) in [4.78, 5) is 21.2. The van der Waals surface area contributed by atoms with Crippen molar-refractivity contribution < 1.29 is 14.8 Å². The molecule has 0 heterocycles. The molecule has 0 saturated carbocycles. The van der Waals surface area contributed by atoms with E-state index in [1.54, 1.807) is 12.1 Å². The lowest BCUT2D eigenvalue weighted by molar-refractivity contribution is -0.384. The van der Waals surface area contributed by atoms with E-state index in [4.69, 9.17) is 5.11 Å². The first kappa shape index (κ1) is 15.7. The molecule has 0 aromatic heterocycles. The van der Waals surface area contributed by atoms with Gasteiger partial charge in [-0.2, -0.15) is 0 Å². The normalized spacial score (nSPS) is 11.8. The summed E-state index contributed by atoms with van der Waals surface area (Å²) in [6, 6.07) is 15.2. The van der Waals surface area contributed by atoms with Gasteiger partial charge in [-0.15, -0.1) is 0 Å². The highest BCUT2D eigenvalue weighted by Crippen LogP contribution is 2.18. The zero-order valence-electron chi connectivity index (χ0n) is 11.8. The lowest BCUT2D eigenvalue weighted by atomic mass is 10.0. The zero-order chi connectivity index (χ0) is 15.9. The maximum atomic E-state index is 11.0. The maximum Gasteiger partial charge on any atom is 0.305 e. The lowest BCUT2D eigenvalue weighted by Crippen LogP contribution is -2.23. The molecule has 22 heavy (non-hydrogen) atoms. The minimum atomic E-state index is -0.884. The second kappa shape index (κ2) is 7.33. The summed E-state index contributed by atoms with van der Waals surface area (Å²) in [5, 5.41) is 22.8. The Bertz CT molecular complexity index is 641. The molecule has 1 atom stereocenters. The van der Waals surface area contributed by atoms with E-state index in [0.29, 0.717) is 6.54 Å². The number of non-ortho nitro benzene ring substituents is 1. The van der Waals surface area contributed by atoms with Crippen molar-refractivity contribution in [2.24, 2.45) is 0 Å². The van der Waals surface area contributed by atoms with Crippen LogP contribution in [0.3, 0.4) is 0 Å². The summed E-state index contributed by atoms with van der Waals surface area (Å²) < 4.78 is 0. The van der Waals surface area contributed by atoms with E-state index in [0.717, 1.165) is 11.1 Å². The number of hydrogen-bond acceptors (Lipinski definition) is 4. The number of aliphatic carboxylic acids is 1. The van der Waals surface area contributed by atoms with Crippen LogP contribution < -0.4 is 5.32 Å². The summed E-state index contributed by atoms with van der Waals surface area (Å²) in [7, 11) is 0. The first-order chi connectivity index (χ1) is 10.6. The molecule has 114 valence electrons. The Kier molecular flexibility index (Phi) is 5.21. The van der Waals surface area contributed by atoms with Crippen LogP contribution in [0.2, 0.25) is 0 Å². The molecule has 2 aromatic carbocycles. The standard InChI is InChI=1S/C16H16N2O4/c19-16(20)10-15(13-4-2-1-3-5-13)17-11-12-6-8-14(9-7-12)18(21)22/h1-9,15,17H,10-11H2,(H,19,20)/t15-/m0/s1. The second-order valence-electron chi connectivity index (χ2n) is 4.87. The van der Waals surface area contributed by atoms with Crippen molar-refractivity contribution >= 4 is 11.7 Å². The topological polar surface area (TPSA) is 92.5 Å². The van der Waals surface area contributed by atoms with Gasteiger partial charge in [0, 0.05) is 24.7 Å². The van der Waals surface area contributed by atoms with Crippen LogP contribution in [0, 0.1) is 10.1 Å². The molecule has 0 aliphatic heterocycles. The quantitative estimate of drug-likeness (QED) is 0.606. The highest BCUT2D eigenvalue weighted by molar-refractivity contribution is 5.67. The van der Waals surface area contributed by atoms with Crippen LogP contribution in [0.15, 0.2) is 54.6 Å². The van der Waals surface area contributed by atoms with Gasteiger partial charge in [0.15, 0.2) is 0 Å². The van der Waals surface area contributed by atoms with Crippen LogP contribution in [0.1, 0.15) is 23.6 Å². The predicted molar refractivity (Wildman–Crippen MR) is 81.4 cm³/mol. The molecule has 0 radical (unpaired) electrons. The van der Waals surface area contributed by atoms with Crippen LogP contribution in [-0.4, -0.2) is 16.0 Å². The third kappa shape index (κ3) is 4.39.